The molecule has 0 spiro atoms. The molecule has 1 heteroatoms. The van der Waals surface area contributed by atoms with E-state index in [9.17, 15) is 5.11 Å². The van der Waals surface area contributed by atoms with Crippen LogP contribution in [0.2, 0.25) is 0 Å². The van der Waals surface area contributed by atoms with Gasteiger partial charge in [-0.2, -0.15) is 0 Å². The second kappa shape index (κ2) is 4.76. The molecule has 1 fully saturated rings. The van der Waals surface area contributed by atoms with Gasteiger partial charge >= 0.3 is 0 Å². The molecule has 1 N–H and O–H groups in total. The monoisotopic (exact) mass is 156 g/mol. The van der Waals surface area contributed by atoms with Crippen LogP contribution >= 0.6 is 0 Å². The smallest absolute Gasteiger partial charge is 0.0540 e. The highest BCUT2D eigenvalue weighted by atomic mass is 16.3. The summed E-state index contributed by atoms with van der Waals surface area (Å²) in [4.78, 5) is 0. The Balaban J connectivity index is 1.84. The minimum Gasteiger partial charge on any atom is -0.393 e. The van der Waals surface area contributed by atoms with Crippen molar-refractivity contribution in [2.45, 2.75) is 58.0 Å². The van der Waals surface area contributed by atoms with E-state index in [4.69, 9.17) is 0 Å². The van der Waals surface area contributed by atoms with Crippen LogP contribution in [0.3, 0.4) is 0 Å². The second-order valence-corrected chi connectivity index (χ2v) is 3.82. The van der Waals surface area contributed by atoms with Gasteiger partial charge in [-0.05, 0) is 18.8 Å². The first-order chi connectivity index (χ1) is 5.33. The molecule has 1 aliphatic rings. The lowest BCUT2D eigenvalue weighted by Crippen LogP contribution is -2.05. The van der Waals surface area contributed by atoms with Crippen molar-refractivity contribution in [1.82, 2.24) is 0 Å². The van der Waals surface area contributed by atoms with Crippen LogP contribution in [0.4, 0.5) is 0 Å². The number of hydrogen-bond donors (Lipinski definition) is 1. The highest BCUT2D eigenvalue weighted by Gasteiger charge is 2.20. The number of rotatable bonds is 6. The molecule has 1 unspecified atom stereocenters. The quantitative estimate of drug-likeness (QED) is 0.627. The molecule has 0 aliphatic heterocycles. The summed E-state index contributed by atoms with van der Waals surface area (Å²) in [6, 6.07) is 0. The molecular formula is C10H20O. The topological polar surface area (TPSA) is 20.2 Å². The molecule has 0 saturated heterocycles. The van der Waals surface area contributed by atoms with Gasteiger partial charge < -0.3 is 5.11 Å². The number of hydrogen-bond acceptors (Lipinski definition) is 1. The van der Waals surface area contributed by atoms with Gasteiger partial charge in [-0.1, -0.05) is 39.0 Å². The normalized spacial score (nSPS) is 20.2. The first-order valence-electron chi connectivity index (χ1n) is 5.01. The van der Waals surface area contributed by atoms with Crippen molar-refractivity contribution in [3.63, 3.8) is 0 Å². The highest BCUT2D eigenvalue weighted by molar-refractivity contribution is 4.73. The Labute approximate surface area is 69.8 Å². The molecule has 0 amide bonds. The fraction of sp³-hybridized carbons (Fsp3) is 1.00. The molecule has 0 aromatic rings. The zero-order chi connectivity index (χ0) is 8.10. The lowest BCUT2D eigenvalue weighted by atomic mass is 10.1. The average molecular weight is 156 g/mol. The van der Waals surface area contributed by atoms with Crippen molar-refractivity contribution in [1.29, 1.82) is 0 Å². The Morgan fingerprint density at radius 1 is 1.36 bits per heavy atom. The second-order valence-electron chi connectivity index (χ2n) is 3.82. The third-order valence-corrected chi connectivity index (χ3v) is 2.47. The van der Waals surface area contributed by atoms with Crippen LogP contribution in [0, 0.1) is 5.92 Å². The first-order valence-corrected chi connectivity index (χ1v) is 5.01. The lowest BCUT2D eigenvalue weighted by molar-refractivity contribution is 0.149. The summed E-state index contributed by atoms with van der Waals surface area (Å²) in [5.74, 6) is 1.03. The third kappa shape index (κ3) is 4.41. The Morgan fingerprint density at radius 3 is 2.64 bits per heavy atom. The maximum absolute atomic E-state index is 9.38. The standard InChI is InChI=1S/C10H20O/c1-2-4-10(11)6-3-5-9-7-8-9/h9-11H,2-8H2,1H3. The van der Waals surface area contributed by atoms with Gasteiger partial charge in [0.05, 0.1) is 6.10 Å². The predicted molar refractivity (Wildman–Crippen MR) is 47.5 cm³/mol. The van der Waals surface area contributed by atoms with Gasteiger partial charge in [-0.15, -0.1) is 0 Å². The van der Waals surface area contributed by atoms with E-state index < -0.39 is 0 Å². The zero-order valence-corrected chi connectivity index (χ0v) is 7.55. The van der Waals surface area contributed by atoms with Crippen LogP contribution in [0.25, 0.3) is 0 Å². The zero-order valence-electron chi connectivity index (χ0n) is 7.55. The molecule has 0 bridgehead atoms. The summed E-state index contributed by atoms with van der Waals surface area (Å²) in [5.41, 5.74) is 0. The van der Waals surface area contributed by atoms with E-state index in [0.717, 1.165) is 25.2 Å². The molecule has 1 aliphatic carbocycles. The third-order valence-electron chi connectivity index (χ3n) is 2.47. The van der Waals surface area contributed by atoms with E-state index in [1.165, 1.54) is 25.7 Å². The average Bonchev–Trinajstić information content (AvgIpc) is 2.72. The molecule has 66 valence electrons. The van der Waals surface area contributed by atoms with Crippen LogP contribution < -0.4 is 0 Å². The van der Waals surface area contributed by atoms with E-state index in [2.05, 4.69) is 6.92 Å². The van der Waals surface area contributed by atoms with Gasteiger partial charge in [-0.3, -0.25) is 0 Å². The van der Waals surface area contributed by atoms with Gasteiger partial charge in [-0.25, -0.2) is 0 Å². The van der Waals surface area contributed by atoms with E-state index in [1.807, 2.05) is 0 Å². The summed E-state index contributed by atoms with van der Waals surface area (Å²) in [6.07, 6.45) is 8.62. The number of aliphatic hydroxyl groups excluding tert-OH is 1. The summed E-state index contributed by atoms with van der Waals surface area (Å²) in [5, 5.41) is 9.38. The van der Waals surface area contributed by atoms with E-state index in [0.29, 0.717) is 0 Å². The van der Waals surface area contributed by atoms with Crippen LogP contribution in [-0.4, -0.2) is 11.2 Å². The van der Waals surface area contributed by atoms with E-state index in [1.54, 1.807) is 0 Å². The Hall–Kier alpha value is -0.0400. The fourth-order valence-corrected chi connectivity index (χ4v) is 1.53. The molecule has 11 heavy (non-hydrogen) atoms. The maximum Gasteiger partial charge on any atom is 0.0540 e. The first kappa shape index (κ1) is 9.05. The van der Waals surface area contributed by atoms with Gasteiger partial charge in [0.15, 0.2) is 0 Å². The van der Waals surface area contributed by atoms with Gasteiger partial charge in [0.25, 0.3) is 0 Å². The largest absolute Gasteiger partial charge is 0.393 e. The fourth-order valence-electron chi connectivity index (χ4n) is 1.53. The minimum absolute atomic E-state index is 0.0150. The van der Waals surface area contributed by atoms with Crippen molar-refractivity contribution in [3.05, 3.63) is 0 Å². The van der Waals surface area contributed by atoms with Crippen molar-refractivity contribution < 1.29 is 5.11 Å². The Bertz CT molecular complexity index is 97.0. The molecule has 0 aromatic heterocycles. The molecule has 1 nitrogen and oxygen atoms in total. The van der Waals surface area contributed by atoms with Crippen molar-refractivity contribution >= 4 is 0 Å². The molecule has 0 aromatic carbocycles. The van der Waals surface area contributed by atoms with Crippen LogP contribution in [0.5, 0.6) is 0 Å². The summed E-state index contributed by atoms with van der Waals surface area (Å²) in [6.45, 7) is 2.13. The van der Waals surface area contributed by atoms with Gasteiger partial charge in [0.1, 0.15) is 0 Å². The molecule has 1 rings (SSSR count). The van der Waals surface area contributed by atoms with E-state index in [-0.39, 0.29) is 6.10 Å². The van der Waals surface area contributed by atoms with Crippen LogP contribution in [-0.2, 0) is 0 Å². The van der Waals surface area contributed by atoms with Crippen LogP contribution in [0.1, 0.15) is 51.9 Å². The van der Waals surface area contributed by atoms with Gasteiger partial charge in [0.2, 0.25) is 0 Å². The Kier molecular flexibility index (Phi) is 3.92. The maximum atomic E-state index is 9.38. The molecule has 1 atom stereocenters. The minimum atomic E-state index is -0.0150. The molecule has 0 heterocycles. The van der Waals surface area contributed by atoms with Crippen molar-refractivity contribution in [2.75, 3.05) is 0 Å². The van der Waals surface area contributed by atoms with Crippen LogP contribution in [0.15, 0.2) is 0 Å². The predicted octanol–water partition coefficient (Wildman–Crippen LogP) is 2.73. The summed E-state index contributed by atoms with van der Waals surface area (Å²) in [7, 11) is 0. The molecular weight excluding hydrogens is 136 g/mol. The Morgan fingerprint density at radius 2 is 2.09 bits per heavy atom. The highest BCUT2D eigenvalue weighted by Crippen LogP contribution is 2.34. The summed E-state index contributed by atoms with van der Waals surface area (Å²) < 4.78 is 0. The molecule has 1 saturated carbocycles. The van der Waals surface area contributed by atoms with Gasteiger partial charge in [0, 0.05) is 0 Å². The SMILES string of the molecule is CCCC(O)CCCC1CC1. The van der Waals surface area contributed by atoms with Crippen molar-refractivity contribution in [2.24, 2.45) is 5.92 Å². The number of aliphatic hydroxyl groups is 1. The summed E-state index contributed by atoms with van der Waals surface area (Å²) >= 11 is 0. The molecule has 0 radical (unpaired) electrons. The lowest BCUT2D eigenvalue weighted by Gasteiger charge is -2.07. The van der Waals surface area contributed by atoms with E-state index >= 15 is 0 Å². The van der Waals surface area contributed by atoms with Crippen molar-refractivity contribution in [3.8, 4) is 0 Å².